The highest BCUT2D eigenvalue weighted by Gasteiger charge is 2.73. The molecule has 0 radical (unpaired) electrons. The number of halogens is 2. The van der Waals surface area contributed by atoms with Crippen molar-refractivity contribution in [1.29, 1.82) is 0 Å². The highest BCUT2D eigenvalue weighted by molar-refractivity contribution is 6.04. The molecule has 2 heterocycles. The number of hydrogen-bond donors (Lipinski definition) is 0. The molecule has 174 valence electrons. The number of carbonyl (C=O) groups is 3. The molecular formula is C24H24F2N2O5. The molecule has 2 aromatic carbocycles. The first kappa shape index (κ1) is 22.8. The first-order chi connectivity index (χ1) is 15.9. The van der Waals surface area contributed by atoms with E-state index in [1.165, 1.54) is 11.1 Å². The van der Waals surface area contributed by atoms with Gasteiger partial charge in [-0.25, -0.2) is 13.8 Å². The van der Waals surface area contributed by atoms with Crippen LogP contribution in [0.3, 0.4) is 0 Å². The van der Waals surface area contributed by atoms with Crippen LogP contribution in [0.25, 0.3) is 0 Å². The zero-order valence-electron chi connectivity index (χ0n) is 18.3. The van der Waals surface area contributed by atoms with Gasteiger partial charge in [0, 0.05) is 18.5 Å². The number of nitrogens with zero attached hydrogens (tertiary/aromatic N) is 2. The molecule has 0 unspecified atom stereocenters. The van der Waals surface area contributed by atoms with Crippen LogP contribution in [0.2, 0.25) is 0 Å². The molecule has 1 amide bonds. The Morgan fingerprint density at radius 2 is 1.52 bits per heavy atom. The molecule has 7 nitrogen and oxygen atoms in total. The summed E-state index contributed by atoms with van der Waals surface area (Å²) in [6.07, 6.45) is 0.0671. The summed E-state index contributed by atoms with van der Waals surface area (Å²) in [5.74, 6) is -4.43. The van der Waals surface area contributed by atoms with Crippen molar-refractivity contribution in [3.8, 4) is 0 Å². The van der Waals surface area contributed by atoms with Crippen LogP contribution < -0.4 is 0 Å². The molecular weight excluding hydrogens is 434 g/mol. The molecule has 2 atom stereocenters. The normalized spacial score (nSPS) is 21.7. The van der Waals surface area contributed by atoms with Gasteiger partial charge in [0.1, 0.15) is 17.7 Å². The average Bonchev–Trinajstić information content (AvgIpc) is 3.30. The molecule has 0 spiro atoms. The summed E-state index contributed by atoms with van der Waals surface area (Å²) in [4.78, 5) is 40.4. The van der Waals surface area contributed by atoms with Crippen molar-refractivity contribution in [1.82, 2.24) is 10.0 Å². The molecule has 0 bridgehead atoms. The average molecular weight is 458 g/mol. The van der Waals surface area contributed by atoms with Gasteiger partial charge < -0.3 is 9.47 Å². The molecule has 0 aromatic heterocycles. The Hall–Kier alpha value is -3.33. The second kappa shape index (κ2) is 8.90. The van der Waals surface area contributed by atoms with Gasteiger partial charge in [0.05, 0.1) is 19.3 Å². The lowest BCUT2D eigenvalue weighted by atomic mass is 9.69. The molecule has 2 aromatic rings. The van der Waals surface area contributed by atoms with Gasteiger partial charge in [-0.1, -0.05) is 36.4 Å². The Balaban J connectivity index is 2.09. The van der Waals surface area contributed by atoms with E-state index < -0.39 is 52.5 Å². The Morgan fingerprint density at radius 1 is 0.939 bits per heavy atom. The minimum atomic E-state index is -2.26. The van der Waals surface area contributed by atoms with Gasteiger partial charge in [-0.3, -0.25) is 19.4 Å². The second-order valence-electron chi connectivity index (χ2n) is 7.81. The zero-order valence-corrected chi connectivity index (χ0v) is 18.3. The Kier molecular flexibility index (Phi) is 6.16. The summed E-state index contributed by atoms with van der Waals surface area (Å²) < 4.78 is 41.0. The Bertz CT molecular complexity index is 1040. The van der Waals surface area contributed by atoms with Gasteiger partial charge in [-0.15, -0.1) is 0 Å². The van der Waals surface area contributed by atoms with E-state index >= 15 is 8.78 Å². The third-order valence-corrected chi connectivity index (χ3v) is 6.11. The minimum Gasteiger partial charge on any atom is -0.465 e. The molecule has 33 heavy (non-hydrogen) atoms. The van der Waals surface area contributed by atoms with Crippen LogP contribution in [-0.2, 0) is 23.9 Å². The monoisotopic (exact) mass is 458 g/mol. The molecule has 0 N–H and O–H groups in total. The smallest absolute Gasteiger partial charge is 0.328 e. The third-order valence-electron chi connectivity index (χ3n) is 6.11. The van der Waals surface area contributed by atoms with Crippen molar-refractivity contribution in [3.05, 3.63) is 71.3 Å². The van der Waals surface area contributed by atoms with Gasteiger partial charge >= 0.3 is 11.9 Å². The van der Waals surface area contributed by atoms with Crippen LogP contribution in [0, 0.1) is 17.0 Å². The van der Waals surface area contributed by atoms with E-state index in [-0.39, 0.29) is 26.2 Å². The Labute approximate surface area is 189 Å². The predicted octanol–water partition coefficient (Wildman–Crippen LogP) is 3.32. The molecule has 2 fully saturated rings. The number of benzene rings is 2. The van der Waals surface area contributed by atoms with Crippen LogP contribution in [-0.4, -0.2) is 47.6 Å². The first-order valence-corrected chi connectivity index (χ1v) is 10.8. The van der Waals surface area contributed by atoms with E-state index in [0.29, 0.717) is 5.56 Å². The van der Waals surface area contributed by atoms with E-state index in [9.17, 15) is 14.4 Å². The third kappa shape index (κ3) is 3.38. The molecule has 2 aliphatic rings. The van der Waals surface area contributed by atoms with Crippen molar-refractivity contribution >= 4 is 17.8 Å². The van der Waals surface area contributed by atoms with E-state index in [2.05, 4.69) is 0 Å². The SMILES string of the molecule is CCOC(=O)C1(C(=O)OCC)[C@@H](c2ccccc2)N2CCC(=O)N2[C@@H]1c1c(F)cccc1F. The maximum absolute atomic E-state index is 15.2. The lowest BCUT2D eigenvalue weighted by molar-refractivity contribution is -0.176. The molecule has 4 rings (SSSR count). The Morgan fingerprint density at radius 3 is 2.06 bits per heavy atom. The number of esters is 2. The van der Waals surface area contributed by atoms with Crippen LogP contribution in [0.4, 0.5) is 8.78 Å². The van der Waals surface area contributed by atoms with Gasteiger partial charge in [0.15, 0.2) is 0 Å². The highest BCUT2D eigenvalue weighted by atomic mass is 19.1. The minimum absolute atomic E-state index is 0.0671. The first-order valence-electron chi connectivity index (χ1n) is 10.8. The predicted molar refractivity (Wildman–Crippen MR) is 112 cm³/mol. The molecule has 9 heteroatoms. The summed E-state index contributed by atoms with van der Waals surface area (Å²) in [6, 6.07) is 9.11. The number of fused-ring (bicyclic) bond motifs is 1. The number of hydrogen-bond acceptors (Lipinski definition) is 6. The van der Waals surface area contributed by atoms with Gasteiger partial charge in [0.2, 0.25) is 11.3 Å². The van der Waals surface area contributed by atoms with E-state index in [1.54, 1.807) is 44.2 Å². The maximum atomic E-state index is 15.2. The number of hydrazine groups is 1. The van der Waals surface area contributed by atoms with Crippen LogP contribution in [0.15, 0.2) is 48.5 Å². The van der Waals surface area contributed by atoms with E-state index in [4.69, 9.17) is 9.47 Å². The number of rotatable bonds is 6. The molecule has 0 saturated carbocycles. The second-order valence-corrected chi connectivity index (χ2v) is 7.81. The molecule has 0 aliphatic carbocycles. The summed E-state index contributed by atoms with van der Waals surface area (Å²) in [7, 11) is 0. The fraction of sp³-hybridized carbons (Fsp3) is 0.375. The van der Waals surface area contributed by atoms with E-state index in [1.807, 2.05) is 0 Å². The number of carbonyl (C=O) groups excluding carboxylic acids is 3. The van der Waals surface area contributed by atoms with Gasteiger partial charge in [-0.2, -0.15) is 0 Å². The lowest BCUT2D eigenvalue weighted by Crippen LogP contribution is -2.50. The topological polar surface area (TPSA) is 76.2 Å². The summed E-state index contributed by atoms with van der Waals surface area (Å²) in [5.41, 5.74) is -2.30. The van der Waals surface area contributed by atoms with Crippen LogP contribution in [0.5, 0.6) is 0 Å². The highest BCUT2D eigenvalue weighted by Crippen LogP contribution is 2.60. The van der Waals surface area contributed by atoms with Gasteiger partial charge in [0.25, 0.3) is 0 Å². The summed E-state index contributed by atoms with van der Waals surface area (Å²) in [6.45, 7) is 3.12. The number of amides is 1. The van der Waals surface area contributed by atoms with Crippen LogP contribution >= 0.6 is 0 Å². The zero-order chi connectivity index (χ0) is 23.8. The maximum Gasteiger partial charge on any atom is 0.328 e. The lowest BCUT2D eigenvalue weighted by Gasteiger charge is -2.35. The summed E-state index contributed by atoms with van der Waals surface area (Å²) >= 11 is 0. The quantitative estimate of drug-likeness (QED) is 0.488. The fourth-order valence-corrected chi connectivity index (χ4v) is 4.92. The van der Waals surface area contributed by atoms with Crippen molar-refractivity contribution in [2.24, 2.45) is 5.41 Å². The standard InChI is InChI=1S/C24H24F2N2O5/c1-3-32-22(30)24(23(31)33-4-2)20(15-9-6-5-7-10-15)27-14-13-18(29)28(27)21(24)19-16(25)11-8-12-17(19)26/h5-12,20-21H,3-4,13-14H2,1-2H3/t20-,21-/m1/s1. The fourth-order valence-electron chi connectivity index (χ4n) is 4.92. The van der Waals surface area contributed by atoms with Crippen molar-refractivity contribution in [3.63, 3.8) is 0 Å². The van der Waals surface area contributed by atoms with E-state index in [0.717, 1.165) is 17.1 Å². The summed E-state index contributed by atoms with van der Waals surface area (Å²) in [5, 5.41) is 2.66. The van der Waals surface area contributed by atoms with Crippen molar-refractivity contribution in [2.45, 2.75) is 32.4 Å². The van der Waals surface area contributed by atoms with Gasteiger partial charge in [-0.05, 0) is 31.5 Å². The van der Waals surface area contributed by atoms with Crippen molar-refractivity contribution in [2.75, 3.05) is 19.8 Å². The van der Waals surface area contributed by atoms with Crippen LogP contribution in [0.1, 0.15) is 43.5 Å². The number of ether oxygens (including phenoxy) is 2. The largest absolute Gasteiger partial charge is 0.465 e. The van der Waals surface area contributed by atoms with Crippen molar-refractivity contribution < 1.29 is 32.6 Å². The molecule has 2 aliphatic heterocycles. The molecule has 2 saturated heterocycles.